The number of alkyl carbamates (subject to hydrolysis) is 1. The number of nitrogens with one attached hydrogen (secondary N) is 2. The van der Waals surface area contributed by atoms with Crippen LogP contribution in [0.15, 0.2) is 0 Å². The van der Waals surface area contributed by atoms with Crippen LogP contribution in [0, 0.1) is 23.7 Å². The van der Waals surface area contributed by atoms with E-state index in [1.807, 2.05) is 20.8 Å². The summed E-state index contributed by atoms with van der Waals surface area (Å²) >= 11 is 0. The summed E-state index contributed by atoms with van der Waals surface area (Å²) in [5, 5.41) is 7.04. The van der Waals surface area contributed by atoms with Gasteiger partial charge in [0, 0.05) is 18.1 Å². The lowest BCUT2D eigenvalue weighted by atomic mass is 9.79. The Kier molecular flexibility index (Phi) is 4.30. The van der Waals surface area contributed by atoms with Crippen molar-refractivity contribution in [2.75, 3.05) is 0 Å². The molecule has 0 aliphatic heterocycles. The molecule has 0 heterocycles. The molecule has 4 fully saturated rings. The van der Waals surface area contributed by atoms with E-state index in [2.05, 4.69) is 10.6 Å². The highest BCUT2D eigenvalue weighted by atomic mass is 16.6. The molecule has 4 nitrogen and oxygen atoms in total. The number of ether oxygens (including phenoxy) is 1. The maximum atomic E-state index is 11.9. The van der Waals surface area contributed by atoms with Gasteiger partial charge >= 0.3 is 6.09 Å². The van der Waals surface area contributed by atoms with E-state index < -0.39 is 5.60 Å². The predicted molar refractivity (Wildman–Crippen MR) is 94.8 cm³/mol. The van der Waals surface area contributed by atoms with Gasteiger partial charge in [0.1, 0.15) is 5.60 Å². The van der Waals surface area contributed by atoms with Gasteiger partial charge in [-0.1, -0.05) is 6.42 Å². The van der Waals surface area contributed by atoms with Crippen LogP contribution in [0.3, 0.4) is 0 Å². The standard InChI is InChI=1S/C20H34N2O2/c1-20(2,3)24-19(23)22-14-8-7-13(11-14)21-18-10-12-9-17(18)16-6-4-5-15(12)16/h12-18,21H,4-11H2,1-3H3,(H,22,23). The molecule has 4 rings (SSSR count). The highest BCUT2D eigenvalue weighted by Gasteiger charge is 2.54. The van der Waals surface area contributed by atoms with E-state index in [-0.39, 0.29) is 12.1 Å². The molecule has 24 heavy (non-hydrogen) atoms. The predicted octanol–water partition coefficient (Wildman–Crippen LogP) is 3.85. The molecule has 0 aromatic carbocycles. The van der Waals surface area contributed by atoms with Gasteiger partial charge in [0.05, 0.1) is 0 Å². The van der Waals surface area contributed by atoms with Gasteiger partial charge in [-0.25, -0.2) is 4.79 Å². The molecule has 2 N–H and O–H groups in total. The van der Waals surface area contributed by atoms with Gasteiger partial charge in [-0.15, -0.1) is 0 Å². The first-order valence-corrected chi connectivity index (χ1v) is 10.1. The third-order valence-corrected chi connectivity index (χ3v) is 7.03. The molecule has 4 aliphatic carbocycles. The van der Waals surface area contributed by atoms with Crippen molar-refractivity contribution in [2.45, 2.75) is 95.9 Å². The Morgan fingerprint density at radius 1 is 0.917 bits per heavy atom. The van der Waals surface area contributed by atoms with Crippen molar-refractivity contribution in [2.24, 2.45) is 23.7 Å². The van der Waals surface area contributed by atoms with Crippen molar-refractivity contribution in [1.82, 2.24) is 10.6 Å². The van der Waals surface area contributed by atoms with Crippen molar-refractivity contribution in [3.05, 3.63) is 0 Å². The summed E-state index contributed by atoms with van der Waals surface area (Å²) in [6, 6.07) is 1.60. The SMILES string of the molecule is CC(C)(C)OC(=O)NC1CCC(NC2CC3CC2C2CCCC32)C1. The molecule has 0 spiro atoms. The minimum atomic E-state index is -0.415. The van der Waals surface area contributed by atoms with Gasteiger partial charge < -0.3 is 15.4 Å². The fourth-order valence-electron chi connectivity index (χ4n) is 6.30. The fourth-order valence-corrected chi connectivity index (χ4v) is 6.30. The largest absolute Gasteiger partial charge is 0.444 e. The maximum absolute atomic E-state index is 11.9. The van der Waals surface area contributed by atoms with E-state index in [1.54, 1.807) is 0 Å². The molecule has 4 aliphatic rings. The Morgan fingerprint density at radius 2 is 1.67 bits per heavy atom. The Hall–Kier alpha value is -0.770. The summed E-state index contributed by atoms with van der Waals surface area (Å²) in [6.45, 7) is 5.74. The number of carbonyl (C=O) groups is 1. The summed E-state index contributed by atoms with van der Waals surface area (Å²) in [7, 11) is 0. The number of amides is 1. The van der Waals surface area contributed by atoms with Crippen LogP contribution in [0.1, 0.15) is 72.1 Å². The number of rotatable bonds is 3. The number of carbonyl (C=O) groups excluding carboxylic acids is 1. The Labute approximate surface area is 146 Å². The zero-order chi connectivity index (χ0) is 16.9. The lowest BCUT2D eigenvalue weighted by Crippen LogP contribution is -2.44. The van der Waals surface area contributed by atoms with Crippen molar-refractivity contribution < 1.29 is 9.53 Å². The van der Waals surface area contributed by atoms with Crippen molar-refractivity contribution in [3.63, 3.8) is 0 Å². The van der Waals surface area contributed by atoms with Crippen molar-refractivity contribution in [3.8, 4) is 0 Å². The van der Waals surface area contributed by atoms with E-state index in [9.17, 15) is 4.79 Å². The number of fused-ring (bicyclic) bond motifs is 5. The third kappa shape index (κ3) is 3.31. The Bertz CT molecular complexity index is 487. The van der Waals surface area contributed by atoms with Crippen molar-refractivity contribution in [1.29, 1.82) is 0 Å². The maximum Gasteiger partial charge on any atom is 0.407 e. The minimum Gasteiger partial charge on any atom is -0.444 e. The highest BCUT2D eigenvalue weighted by molar-refractivity contribution is 5.68. The van der Waals surface area contributed by atoms with Gasteiger partial charge in [-0.3, -0.25) is 0 Å². The Morgan fingerprint density at radius 3 is 2.46 bits per heavy atom. The number of hydrogen-bond acceptors (Lipinski definition) is 3. The second-order valence-electron chi connectivity index (χ2n) is 9.78. The second-order valence-corrected chi connectivity index (χ2v) is 9.78. The van der Waals surface area contributed by atoms with Gasteiger partial charge in [0.25, 0.3) is 0 Å². The van der Waals surface area contributed by atoms with Crippen LogP contribution in [0.4, 0.5) is 4.79 Å². The summed E-state index contributed by atoms with van der Waals surface area (Å²) in [6.07, 6.45) is 10.4. The van der Waals surface area contributed by atoms with Gasteiger partial charge in [-0.05, 0) is 89.4 Å². The molecular formula is C20H34N2O2. The summed E-state index contributed by atoms with van der Waals surface area (Å²) in [5.41, 5.74) is -0.415. The van der Waals surface area contributed by atoms with E-state index >= 15 is 0 Å². The average molecular weight is 335 g/mol. The van der Waals surface area contributed by atoms with E-state index in [0.29, 0.717) is 6.04 Å². The van der Waals surface area contributed by atoms with Crippen LogP contribution in [0.25, 0.3) is 0 Å². The normalized spacial score (nSPS) is 43.9. The van der Waals surface area contributed by atoms with Gasteiger partial charge in [-0.2, -0.15) is 0 Å². The molecule has 136 valence electrons. The fraction of sp³-hybridized carbons (Fsp3) is 0.950. The van der Waals surface area contributed by atoms with Crippen LogP contribution in [0.5, 0.6) is 0 Å². The molecule has 4 saturated carbocycles. The van der Waals surface area contributed by atoms with Crippen LogP contribution < -0.4 is 10.6 Å². The molecule has 4 heteroatoms. The smallest absolute Gasteiger partial charge is 0.407 e. The summed E-state index contributed by atoms with van der Waals surface area (Å²) < 4.78 is 5.39. The lowest BCUT2D eigenvalue weighted by Gasteiger charge is -2.34. The number of hydrogen-bond donors (Lipinski definition) is 2. The zero-order valence-corrected chi connectivity index (χ0v) is 15.5. The van der Waals surface area contributed by atoms with E-state index in [0.717, 1.165) is 42.6 Å². The monoisotopic (exact) mass is 334 g/mol. The topological polar surface area (TPSA) is 50.4 Å². The molecule has 2 bridgehead atoms. The summed E-state index contributed by atoms with van der Waals surface area (Å²) in [5.74, 6) is 4.05. The first kappa shape index (κ1) is 16.7. The molecule has 0 aromatic heterocycles. The van der Waals surface area contributed by atoms with Crippen LogP contribution in [-0.4, -0.2) is 29.8 Å². The summed E-state index contributed by atoms with van der Waals surface area (Å²) in [4.78, 5) is 11.9. The molecule has 1 amide bonds. The van der Waals surface area contributed by atoms with Crippen molar-refractivity contribution >= 4 is 6.09 Å². The second kappa shape index (κ2) is 6.19. The molecular weight excluding hydrogens is 300 g/mol. The van der Waals surface area contributed by atoms with E-state index in [4.69, 9.17) is 4.74 Å². The van der Waals surface area contributed by atoms with Crippen LogP contribution >= 0.6 is 0 Å². The molecule has 0 aromatic rings. The minimum absolute atomic E-state index is 0.262. The van der Waals surface area contributed by atoms with Crippen LogP contribution in [0.2, 0.25) is 0 Å². The quantitative estimate of drug-likeness (QED) is 0.824. The van der Waals surface area contributed by atoms with Gasteiger partial charge in [0.15, 0.2) is 0 Å². The zero-order valence-electron chi connectivity index (χ0n) is 15.5. The third-order valence-electron chi connectivity index (χ3n) is 7.03. The first-order chi connectivity index (χ1) is 11.4. The molecule has 0 saturated heterocycles. The van der Waals surface area contributed by atoms with Gasteiger partial charge in [0.2, 0.25) is 0 Å². The average Bonchev–Trinajstić information content (AvgIpc) is 3.17. The molecule has 7 atom stereocenters. The molecule has 7 unspecified atom stereocenters. The first-order valence-electron chi connectivity index (χ1n) is 10.1. The Balaban J connectivity index is 1.24. The lowest BCUT2D eigenvalue weighted by molar-refractivity contribution is 0.0505. The highest BCUT2D eigenvalue weighted by Crippen LogP contribution is 2.58. The molecule has 0 radical (unpaired) electrons. The van der Waals surface area contributed by atoms with Crippen LogP contribution in [-0.2, 0) is 4.74 Å². The van der Waals surface area contributed by atoms with E-state index in [1.165, 1.54) is 38.5 Å².